The lowest BCUT2D eigenvalue weighted by Crippen LogP contribution is -2.48. The molecule has 4 atom stereocenters. The molecule has 0 radical (unpaired) electrons. The molecule has 0 aromatic rings. The molecule has 3 rings (SSSR count). The van der Waals surface area contributed by atoms with Crippen LogP contribution in [0.1, 0.15) is 59.8 Å². The Balaban J connectivity index is 1.79. The second-order valence-electron chi connectivity index (χ2n) is 7.67. The summed E-state index contributed by atoms with van der Waals surface area (Å²) >= 11 is 0. The Morgan fingerprint density at radius 2 is 2.10 bits per heavy atom. The highest BCUT2D eigenvalue weighted by atomic mass is 16.6. The number of carbonyl (C=O) groups is 1. The van der Waals surface area contributed by atoms with Gasteiger partial charge >= 0.3 is 0 Å². The molecule has 0 unspecified atom stereocenters. The lowest BCUT2D eigenvalue weighted by Gasteiger charge is -2.52. The highest BCUT2D eigenvalue weighted by Gasteiger charge is 2.56. The van der Waals surface area contributed by atoms with Gasteiger partial charge in [0.05, 0.1) is 11.7 Å². The second-order valence-corrected chi connectivity index (χ2v) is 7.67. The van der Waals surface area contributed by atoms with E-state index >= 15 is 0 Å². The number of hydrogen-bond donors (Lipinski definition) is 1. The van der Waals surface area contributed by atoms with Crippen LogP contribution in [-0.4, -0.2) is 23.3 Å². The van der Waals surface area contributed by atoms with E-state index in [9.17, 15) is 4.79 Å². The number of hydrogen-bond acceptors (Lipinski definition) is 3. The fourth-order valence-corrected chi connectivity index (χ4v) is 4.26. The summed E-state index contributed by atoms with van der Waals surface area (Å²) in [6.45, 7) is 8.47. The summed E-state index contributed by atoms with van der Waals surface area (Å²) < 4.78 is 5.89. The summed E-state index contributed by atoms with van der Waals surface area (Å²) in [6.07, 6.45) is 5.96. The predicted molar refractivity (Wildman–Crippen MR) is 78.4 cm³/mol. The van der Waals surface area contributed by atoms with Gasteiger partial charge in [-0.25, -0.2) is 5.43 Å². The Bertz CT molecular complexity index is 457. The van der Waals surface area contributed by atoms with Crippen molar-refractivity contribution in [2.75, 3.05) is 0 Å². The number of hydrazone groups is 1. The third kappa shape index (κ3) is 2.39. The van der Waals surface area contributed by atoms with Crippen LogP contribution in [0.3, 0.4) is 0 Å². The van der Waals surface area contributed by atoms with Crippen molar-refractivity contribution in [3.63, 3.8) is 0 Å². The van der Waals surface area contributed by atoms with Gasteiger partial charge in [0.25, 0.3) is 0 Å². The van der Waals surface area contributed by atoms with E-state index in [1.807, 2.05) is 0 Å². The minimum Gasteiger partial charge on any atom is -0.366 e. The first-order valence-corrected chi connectivity index (χ1v) is 7.83. The molecular formula is C16H26N2O2. The second kappa shape index (κ2) is 4.55. The molecule has 4 nitrogen and oxygen atoms in total. The molecule has 1 amide bonds. The van der Waals surface area contributed by atoms with Crippen LogP contribution in [0.4, 0.5) is 0 Å². The van der Waals surface area contributed by atoms with Gasteiger partial charge in [0.1, 0.15) is 0 Å². The molecule has 0 aromatic heterocycles. The topological polar surface area (TPSA) is 54.0 Å². The van der Waals surface area contributed by atoms with Gasteiger partial charge in [-0.2, -0.15) is 5.10 Å². The first-order valence-electron chi connectivity index (χ1n) is 7.83. The van der Waals surface area contributed by atoms with Crippen LogP contribution in [0.25, 0.3) is 0 Å². The van der Waals surface area contributed by atoms with E-state index in [0.717, 1.165) is 19.3 Å². The summed E-state index contributed by atoms with van der Waals surface area (Å²) in [6, 6.07) is 0. The smallest absolute Gasteiger partial charge is 0.236 e. The molecule has 0 aromatic carbocycles. The summed E-state index contributed by atoms with van der Waals surface area (Å²) in [5.74, 6) is 1.15. The number of amides is 1. The van der Waals surface area contributed by atoms with Crippen molar-refractivity contribution < 1.29 is 9.53 Å². The Morgan fingerprint density at radius 1 is 1.35 bits per heavy atom. The Hall–Kier alpha value is -0.900. The average Bonchev–Trinajstić information content (AvgIpc) is 2.97. The maximum atomic E-state index is 11.1. The van der Waals surface area contributed by atoms with Crippen molar-refractivity contribution in [1.82, 2.24) is 5.43 Å². The van der Waals surface area contributed by atoms with Crippen molar-refractivity contribution in [1.29, 1.82) is 0 Å². The maximum absolute atomic E-state index is 11.1. The van der Waals surface area contributed by atoms with Crippen LogP contribution in [0, 0.1) is 17.3 Å². The Labute approximate surface area is 121 Å². The van der Waals surface area contributed by atoms with Crippen molar-refractivity contribution in [3.8, 4) is 0 Å². The van der Waals surface area contributed by atoms with Crippen molar-refractivity contribution in [3.05, 3.63) is 0 Å². The van der Waals surface area contributed by atoms with Gasteiger partial charge < -0.3 is 4.74 Å². The molecule has 1 N–H and O–H groups in total. The number of rotatable bonds is 1. The SMILES string of the molecule is CC(=O)N/N=C1\CC[C@H]2O[C@]2(C)CC[C@@H]2[C@@H]1CC2(C)C. The van der Waals surface area contributed by atoms with E-state index in [0.29, 0.717) is 23.4 Å². The van der Waals surface area contributed by atoms with E-state index in [1.165, 1.54) is 25.5 Å². The summed E-state index contributed by atoms with van der Waals surface area (Å²) in [5.41, 5.74) is 4.33. The first kappa shape index (κ1) is 14.1. The molecule has 1 saturated heterocycles. The Kier molecular flexibility index (Phi) is 3.20. The van der Waals surface area contributed by atoms with Crippen molar-refractivity contribution in [2.24, 2.45) is 22.4 Å². The molecule has 0 bridgehead atoms. The van der Waals surface area contributed by atoms with Crippen molar-refractivity contribution in [2.45, 2.75) is 71.5 Å². The monoisotopic (exact) mass is 278 g/mol. The summed E-state index contributed by atoms with van der Waals surface area (Å²) in [7, 11) is 0. The van der Waals surface area contributed by atoms with Crippen molar-refractivity contribution >= 4 is 11.6 Å². The highest BCUT2D eigenvalue weighted by molar-refractivity contribution is 5.89. The van der Waals surface area contributed by atoms with E-state index < -0.39 is 0 Å². The van der Waals surface area contributed by atoms with E-state index in [4.69, 9.17) is 4.74 Å². The van der Waals surface area contributed by atoms with Gasteiger partial charge in [0, 0.05) is 18.6 Å². The van der Waals surface area contributed by atoms with Gasteiger partial charge in [0.2, 0.25) is 5.91 Å². The van der Waals surface area contributed by atoms with Gasteiger partial charge in [0.15, 0.2) is 0 Å². The number of nitrogens with one attached hydrogen (secondary N) is 1. The first-order chi connectivity index (χ1) is 9.32. The van der Waals surface area contributed by atoms with Gasteiger partial charge in [-0.1, -0.05) is 13.8 Å². The van der Waals surface area contributed by atoms with E-state index in [2.05, 4.69) is 31.3 Å². The van der Waals surface area contributed by atoms with Crippen LogP contribution < -0.4 is 5.43 Å². The number of ether oxygens (including phenoxy) is 1. The lowest BCUT2D eigenvalue weighted by molar-refractivity contribution is -0.118. The molecule has 1 aliphatic heterocycles. The van der Waals surface area contributed by atoms with E-state index in [1.54, 1.807) is 0 Å². The largest absolute Gasteiger partial charge is 0.366 e. The zero-order valence-corrected chi connectivity index (χ0v) is 13.0. The number of epoxide rings is 1. The van der Waals surface area contributed by atoms with Crippen LogP contribution in [-0.2, 0) is 9.53 Å². The highest BCUT2D eigenvalue weighted by Crippen LogP contribution is 2.57. The normalized spacial score (nSPS) is 44.2. The zero-order valence-electron chi connectivity index (χ0n) is 13.0. The molecule has 0 spiro atoms. The summed E-state index contributed by atoms with van der Waals surface area (Å²) in [5, 5.41) is 4.41. The molecule has 112 valence electrons. The molecule has 20 heavy (non-hydrogen) atoms. The zero-order chi connectivity index (χ0) is 14.5. The third-order valence-corrected chi connectivity index (χ3v) is 5.67. The van der Waals surface area contributed by atoms with Crippen LogP contribution in [0.15, 0.2) is 5.10 Å². The van der Waals surface area contributed by atoms with Crippen LogP contribution >= 0.6 is 0 Å². The summed E-state index contributed by atoms with van der Waals surface area (Å²) in [4.78, 5) is 11.1. The molecule has 3 fully saturated rings. The fraction of sp³-hybridized carbons (Fsp3) is 0.875. The number of fused-ring (bicyclic) bond motifs is 2. The van der Waals surface area contributed by atoms with Crippen LogP contribution in [0.5, 0.6) is 0 Å². The number of carbonyl (C=O) groups excluding carboxylic acids is 1. The third-order valence-electron chi connectivity index (χ3n) is 5.67. The average molecular weight is 278 g/mol. The van der Waals surface area contributed by atoms with Gasteiger partial charge in [-0.3, -0.25) is 4.79 Å². The predicted octanol–water partition coefficient (Wildman–Crippen LogP) is 2.87. The lowest BCUT2D eigenvalue weighted by atomic mass is 9.52. The maximum Gasteiger partial charge on any atom is 0.236 e. The quantitative estimate of drug-likeness (QED) is 0.592. The van der Waals surface area contributed by atoms with Gasteiger partial charge in [-0.05, 0) is 50.4 Å². The molecular weight excluding hydrogens is 252 g/mol. The molecule has 1 heterocycles. The minimum atomic E-state index is -0.0833. The molecule has 2 saturated carbocycles. The minimum absolute atomic E-state index is 0.0833. The Morgan fingerprint density at radius 3 is 2.75 bits per heavy atom. The van der Waals surface area contributed by atoms with E-state index in [-0.39, 0.29) is 11.5 Å². The van der Waals surface area contributed by atoms with Gasteiger partial charge in [-0.15, -0.1) is 0 Å². The number of nitrogens with zero attached hydrogens (tertiary/aromatic N) is 1. The molecule has 2 aliphatic carbocycles. The standard InChI is InChI=1S/C16H26N2O2/c1-10(19)17-18-13-5-6-14-16(4,20-14)8-7-12-11(13)9-15(12,2)3/h11-12,14H,5-9H2,1-4H3,(H,17,19)/b18-13+/t11-,12+,14+,16+/m0/s1. The fourth-order valence-electron chi connectivity index (χ4n) is 4.26. The molecule has 3 aliphatic rings. The van der Waals surface area contributed by atoms with Crippen LogP contribution in [0.2, 0.25) is 0 Å². The molecule has 4 heteroatoms.